The fourth-order valence-corrected chi connectivity index (χ4v) is 4.60. The maximum absolute atomic E-state index is 2.29. The predicted molar refractivity (Wildman–Crippen MR) is 80.7 cm³/mol. The van der Waals surface area contributed by atoms with Crippen molar-refractivity contribution < 1.29 is 0 Å². The highest BCUT2D eigenvalue weighted by molar-refractivity contribution is 7.99. The molecule has 0 N–H and O–H groups in total. The highest BCUT2D eigenvalue weighted by Crippen LogP contribution is 2.32. The molecule has 2 heteroatoms. The summed E-state index contributed by atoms with van der Waals surface area (Å²) in [5.41, 5.74) is 0. The maximum Gasteiger partial charge on any atom is -0.00391 e. The molecule has 0 atom stereocenters. The van der Waals surface area contributed by atoms with E-state index in [0.29, 0.717) is 0 Å². The van der Waals surface area contributed by atoms with Gasteiger partial charge in [-0.1, -0.05) is 13.8 Å². The molecule has 16 heavy (non-hydrogen) atoms. The Balaban J connectivity index is 2.00. The molecule has 0 radical (unpaired) electrons. The topological polar surface area (TPSA) is 0 Å². The van der Waals surface area contributed by atoms with E-state index in [1.165, 1.54) is 61.5 Å². The standard InChI is InChI=1S/C14H28S2/c1-3-9-15-11-13-5-7-14(8-6-13)12-16-10-4-2/h13-14H,3-12H2,1-2H3. The summed E-state index contributed by atoms with van der Waals surface area (Å²) in [6.07, 6.45) is 8.71. The Labute approximate surface area is 111 Å². The van der Waals surface area contributed by atoms with E-state index in [-0.39, 0.29) is 0 Å². The quantitative estimate of drug-likeness (QED) is 0.558. The van der Waals surface area contributed by atoms with Crippen molar-refractivity contribution in [2.45, 2.75) is 52.4 Å². The summed E-state index contributed by atoms with van der Waals surface area (Å²) in [7, 11) is 0. The Hall–Kier alpha value is 0.700. The molecule has 0 unspecified atom stereocenters. The smallest absolute Gasteiger partial charge is 0.00391 e. The minimum absolute atomic E-state index is 1.05. The minimum Gasteiger partial charge on any atom is -0.162 e. The van der Waals surface area contributed by atoms with E-state index < -0.39 is 0 Å². The van der Waals surface area contributed by atoms with E-state index in [4.69, 9.17) is 0 Å². The van der Waals surface area contributed by atoms with Crippen LogP contribution in [0, 0.1) is 11.8 Å². The first-order valence-electron chi connectivity index (χ1n) is 7.02. The van der Waals surface area contributed by atoms with Crippen LogP contribution in [0.15, 0.2) is 0 Å². The highest BCUT2D eigenvalue weighted by Gasteiger charge is 2.20. The van der Waals surface area contributed by atoms with E-state index in [9.17, 15) is 0 Å². The van der Waals surface area contributed by atoms with Crippen LogP contribution in [0.5, 0.6) is 0 Å². The third-order valence-electron chi connectivity index (χ3n) is 3.37. The molecule has 0 nitrogen and oxygen atoms in total. The van der Waals surface area contributed by atoms with Crippen molar-refractivity contribution in [3.05, 3.63) is 0 Å². The predicted octanol–water partition coefficient (Wildman–Crippen LogP) is 5.08. The molecule has 1 saturated carbocycles. The Morgan fingerprint density at radius 2 is 1.12 bits per heavy atom. The highest BCUT2D eigenvalue weighted by atomic mass is 32.2. The van der Waals surface area contributed by atoms with Gasteiger partial charge in [0.15, 0.2) is 0 Å². The van der Waals surface area contributed by atoms with Gasteiger partial charge in [0.2, 0.25) is 0 Å². The molecule has 1 rings (SSSR count). The lowest BCUT2D eigenvalue weighted by Gasteiger charge is -2.28. The van der Waals surface area contributed by atoms with Gasteiger partial charge in [0.05, 0.1) is 0 Å². The summed E-state index contributed by atoms with van der Waals surface area (Å²) < 4.78 is 0. The van der Waals surface area contributed by atoms with Gasteiger partial charge in [-0.25, -0.2) is 0 Å². The fraction of sp³-hybridized carbons (Fsp3) is 1.00. The van der Waals surface area contributed by atoms with Crippen molar-refractivity contribution in [1.29, 1.82) is 0 Å². The second kappa shape index (κ2) is 9.70. The monoisotopic (exact) mass is 260 g/mol. The molecule has 0 aromatic heterocycles. The average molecular weight is 261 g/mol. The van der Waals surface area contributed by atoms with Crippen molar-refractivity contribution in [3.63, 3.8) is 0 Å². The minimum atomic E-state index is 1.05. The molecule has 0 bridgehead atoms. The van der Waals surface area contributed by atoms with Crippen LogP contribution in [-0.4, -0.2) is 23.0 Å². The van der Waals surface area contributed by atoms with E-state index in [0.717, 1.165) is 11.8 Å². The maximum atomic E-state index is 2.29. The molecular formula is C14H28S2. The molecule has 1 aliphatic rings. The normalized spacial score (nSPS) is 25.9. The summed E-state index contributed by atoms with van der Waals surface area (Å²) in [6.45, 7) is 4.57. The van der Waals surface area contributed by atoms with Crippen LogP contribution >= 0.6 is 23.5 Å². The number of hydrogen-bond donors (Lipinski definition) is 0. The first kappa shape index (κ1) is 14.8. The van der Waals surface area contributed by atoms with Crippen molar-refractivity contribution in [2.24, 2.45) is 11.8 Å². The summed E-state index contributed by atoms with van der Waals surface area (Å²) in [5.74, 6) is 7.69. The summed E-state index contributed by atoms with van der Waals surface area (Å²) >= 11 is 4.35. The average Bonchev–Trinajstić information content (AvgIpc) is 2.32. The zero-order chi connectivity index (χ0) is 11.6. The van der Waals surface area contributed by atoms with Crippen LogP contribution in [0.4, 0.5) is 0 Å². The van der Waals surface area contributed by atoms with Gasteiger partial charge in [0.1, 0.15) is 0 Å². The van der Waals surface area contributed by atoms with Crippen molar-refractivity contribution in [1.82, 2.24) is 0 Å². The number of rotatable bonds is 8. The van der Waals surface area contributed by atoms with Gasteiger partial charge in [0.25, 0.3) is 0 Å². The summed E-state index contributed by atoms with van der Waals surface area (Å²) in [6, 6.07) is 0. The zero-order valence-electron chi connectivity index (χ0n) is 11.0. The van der Waals surface area contributed by atoms with Crippen LogP contribution in [0.2, 0.25) is 0 Å². The molecule has 1 aliphatic carbocycles. The van der Waals surface area contributed by atoms with Crippen LogP contribution < -0.4 is 0 Å². The van der Waals surface area contributed by atoms with Gasteiger partial charge < -0.3 is 0 Å². The van der Waals surface area contributed by atoms with Gasteiger partial charge in [-0.05, 0) is 73.4 Å². The zero-order valence-corrected chi connectivity index (χ0v) is 12.7. The van der Waals surface area contributed by atoms with Crippen LogP contribution in [-0.2, 0) is 0 Å². The Morgan fingerprint density at radius 1 is 0.750 bits per heavy atom. The van der Waals surface area contributed by atoms with Gasteiger partial charge in [-0.3, -0.25) is 0 Å². The van der Waals surface area contributed by atoms with E-state index in [1.54, 1.807) is 0 Å². The SMILES string of the molecule is CCCSCC1CCC(CSCCC)CC1. The van der Waals surface area contributed by atoms with Crippen LogP contribution in [0.1, 0.15) is 52.4 Å². The Morgan fingerprint density at radius 3 is 1.44 bits per heavy atom. The second-order valence-corrected chi connectivity index (χ2v) is 7.34. The second-order valence-electron chi connectivity index (χ2n) is 5.04. The molecule has 0 amide bonds. The lowest BCUT2D eigenvalue weighted by atomic mass is 9.84. The van der Waals surface area contributed by atoms with Crippen molar-refractivity contribution in [2.75, 3.05) is 23.0 Å². The molecule has 1 fully saturated rings. The molecule has 0 spiro atoms. The molecule has 0 heterocycles. The third kappa shape index (κ3) is 6.44. The largest absolute Gasteiger partial charge is 0.162 e. The molecular weight excluding hydrogens is 232 g/mol. The molecule has 0 aromatic rings. The van der Waals surface area contributed by atoms with Gasteiger partial charge in [-0.2, -0.15) is 23.5 Å². The lowest BCUT2D eigenvalue weighted by Crippen LogP contribution is -2.18. The molecule has 96 valence electrons. The van der Waals surface area contributed by atoms with Crippen LogP contribution in [0.3, 0.4) is 0 Å². The van der Waals surface area contributed by atoms with Crippen molar-refractivity contribution >= 4 is 23.5 Å². The Bertz CT molecular complexity index is 133. The number of hydrogen-bond acceptors (Lipinski definition) is 2. The molecule has 0 aromatic carbocycles. The summed E-state index contributed by atoms with van der Waals surface area (Å²) in [5, 5.41) is 0. The first-order valence-corrected chi connectivity index (χ1v) is 9.33. The number of thioether (sulfide) groups is 2. The van der Waals surface area contributed by atoms with E-state index >= 15 is 0 Å². The van der Waals surface area contributed by atoms with Crippen molar-refractivity contribution in [3.8, 4) is 0 Å². The van der Waals surface area contributed by atoms with Crippen LogP contribution in [0.25, 0.3) is 0 Å². The van der Waals surface area contributed by atoms with E-state index in [1.807, 2.05) is 0 Å². The summed E-state index contributed by atoms with van der Waals surface area (Å²) in [4.78, 5) is 0. The van der Waals surface area contributed by atoms with Gasteiger partial charge in [0, 0.05) is 0 Å². The first-order chi connectivity index (χ1) is 7.86. The molecule has 0 aliphatic heterocycles. The Kier molecular flexibility index (Phi) is 8.95. The molecule has 0 saturated heterocycles. The lowest BCUT2D eigenvalue weighted by molar-refractivity contribution is 0.315. The van der Waals surface area contributed by atoms with Gasteiger partial charge in [-0.15, -0.1) is 0 Å². The third-order valence-corrected chi connectivity index (χ3v) is 6.18. The van der Waals surface area contributed by atoms with Gasteiger partial charge >= 0.3 is 0 Å². The fourth-order valence-electron chi connectivity index (χ4n) is 2.35. The van der Waals surface area contributed by atoms with E-state index in [2.05, 4.69) is 37.4 Å².